The number of imidazole rings is 1. The van der Waals surface area contributed by atoms with Crippen LogP contribution in [0.1, 0.15) is 11.1 Å². The molecule has 0 saturated carbocycles. The summed E-state index contributed by atoms with van der Waals surface area (Å²) >= 11 is 7.16. The Bertz CT molecular complexity index is 1150. The van der Waals surface area contributed by atoms with Gasteiger partial charge in [0.05, 0.1) is 8.95 Å². The molecule has 0 unspecified atom stereocenters. The summed E-state index contributed by atoms with van der Waals surface area (Å²) in [6.07, 6.45) is 1.40. The van der Waals surface area contributed by atoms with E-state index in [2.05, 4.69) is 57.1 Å². The van der Waals surface area contributed by atoms with E-state index in [1.807, 2.05) is 42.5 Å². The van der Waals surface area contributed by atoms with Crippen molar-refractivity contribution >= 4 is 48.8 Å². The first-order valence-corrected chi connectivity index (χ1v) is 10.0. The zero-order valence-electron chi connectivity index (χ0n) is 14.5. The molecule has 2 aromatic heterocycles. The number of fused-ring (bicyclic) bond motifs is 1. The lowest BCUT2D eigenvalue weighted by molar-refractivity contribution is 0.302. The van der Waals surface area contributed by atoms with Gasteiger partial charge in [-0.3, -0.25) is 4.98 Å². The van der Waals surface area contributed by atoms with Gasteiger partial charge in [0.1, 0.15) is 24.2 Å². The number of rotatable bonds is 6. The molecule has 3 N–H and O–H groups in total. The normalized spacial score (nSPS) is 10.9. The molecule has 0 fully saturated rings. The molecule has 0 aliphatic rings. The molecule has 2 heterocycles. The Hall–Kier alpha value is -2.65. The van der Waals surface area contributed by atoms with Crippen LogP contribution in [0.5, 0.6) is 5.75 Å². The van der Waals surface area contributed by atoms with Gasteiger partial charge in [-0.15, -0.1) is 0 Å². The van der Waals surface area contributed by atoms with Crippen molar-refractivity contribution in [1.82, 2.24) is 19.9 Å². The van der Waals surface area contributed by atoms with E-state index in [0.717, 1.165) is 25.8 Å². The third kappa shape index (κ3) is 4.10. The van der Waals surface area contributed by atoms with Crippen LogP contribution in [0.4, 0.5) is 5.82 Å². The predicted molar refractivity (Wildman–Crippen MR) is 114 cm³/mol. The fourth-order valence-corrected chi connectivity index (χ4v) is 4.26. The molecule has 0 spiro atoms. The number of aromatic amines is 2. The number of benzene rings is 2. The maximum absolute atomic E-state index is 11.5. The largest absolute Gasteiger partial charge is 0.487 e. The number of halogens is 2. The van der Waals surface area contributed by atoms with Crippen LogP contribution in [0.2, 0.25) is 0 Å². The van der Waals surface area contributed by atoms with Crippen LogP contribution in [0, 0.1) is 0 Å². The molecule has 0 saturated heterocycles. The van der Waals surface area contributed by atoms with Gasteiger partial charge in [-0.1, -0.05) is 30.3 Å². The molecule has 4 aromatic rings. The molecule has 4 rings (SSSR count). The summed E-state index contributed by atoms with van der Waals surface area (Å²) in [5, 5.41) is 3.23. The minimum absolute atomic E-state index is 0.316. The molecule has 142 valence electrons. The second kappa shape index (κ2) is 8.15. The van der Waals surface area contributed by atoms with Gasteiger partial charge in [0.15, 0.2) is 11.5 Å². The summed E-state index contributed by atoms with van der Waals surface area (Å²) in [5.74, 6) is 1.30. The topological polar surface area (TPSA) is 95.7 Å². The van der Waals surface area contributed by atoms with Crippen molar-refractivity contribution in [2.24, 2.45) is 0 Å². The molecule has 28 heavy (non-hydrogen) atoms. The van der Waals surface area contributed by atoms with Gasteiger partial charge >= 0.3 is 5.69 Å². The number of aromatic nitrogens is 4. The maximum Gasteiger partial charge on any atom is 0.325 e. The molecule has 0 aliphatic carbocycles. The van der Waals surface area contributed by atoms with Crippen LogP contribution in [0.25, 0.3) is 11.2 Å². The Morgan fingerprint density at radius 2 is 1.75 bits per heavy atom. The summed E-state index contributed by atoms with van der Waals surface area (Å²) < 4.78 is 7.64. The monoisotopic (exact) mass is 503 g/mol. The zero-order chi connectivity index (χ0) is 19.5. The van der Waals surface area contributed by atoms with Gasteiger partial charge < -0.3 is 15.0 Å². The van der Waals surface area contributed by atoms with E-state index >= 15 is 0 Å². The molecule has 9 heteroatoms. The molecule has 0 atom stereocenters. The standard InChI is InChI=1S/C19H15Br2N5O2/c20-13-6-12(7-14(21)16(13)28-9-11-4-2-1-3-5-11)8-22-17-15-18(24-10-23-17)26-19(27)25-15/h1-7,10H,8-9H2,(H3,22,23,24,25,26,27). The van der Waals surface area contributed by atoms with Gasteiger partial charge in [0, 0.05) is 6.54 Å². The highest BCUT2D eigenvalue weighted by Gasteiger charge is 2.11. The van der Waals surface area contributed by atoms with Crippen molar-refractivity contribution in [3.05, 3.63) is 79.3 Å². The molecule has 0 radical (unpaired) electrons. The molecular weight excluding hydrogens is 490 g/mol. The van der Waals surface area contributed by atoms with E-state index in [9.17, 15) is 4.79 Å². The van der Waals surface area contributed by atoms with E-state index < -0.39 is 0 Å². The van der Waals surface area contributed by atoms with Gasteiger partial charge in [-0.25, -0.2) is 14.8 Å². The van der Waals surface area contributed by atoms with E-state index in [1.165, 1.54) is 6.33 Å². The van der Waals surface area contributed by atoms with Crippen LogP contribution in [0.15, 0.2) is 62.5 Å². The summed E-state index contributed by atoms with van der Waals surface area (Å²) in [6.45, 7) is 0.991. The van der Waals surface area contributed by atoms with Crippen LogP contribution in [-0.2, 0) is 13.2 Å². The summed E-state index contributed by atoms with van der Waals surface area (Å²) in [6, 6.07) is 14.0. The third-order valence-electron chi connectivity index (χ3n) is 4.06. The second-order valence-electron chi connectivity index (χ2n) is 6.04. The molecule has 7 nitrogen and oxygen atoms in total. The van der Waals surface area contributed by atoms with Gasteiger partial charge in [-0.05, 0) is 55.1 Å². The van der Waals surface area contributed by atoms with Gasteiger partial charge in [0.2, 0.25) is 0 Å². The first-order valence-electron chi connectivity index (χ1n) is 8.41. The molecule has 0 bridgehead atoms. The Labute approximate surface area is 176 Å². The molecule has 0 aliphatic heterocycles. The predicted octanol–water partition coefficient (Wildman–Crippen LogP) is 4.36. The third-order valence-corrected chi connectivity index (χ3v) is 5.24. The average Bonchev–Trinajstić information content (AvgIpc) is 3.07. The minimum atomic E-state index is -0.316. The molecule has 2 aromatic carbocycles. The highest BCUT2D eigenvalue weighted by atomic mass is 79.9. The number of H-pyrrole nitrogens is 2. The minimum Gasteiger partial charge on any atom is -0.487 e. The SMILES string of the molecule is O=c1[nH]c2ncnc(NCc3cc(Br)c(OCc4ccccc4)c(Br)c3)c2[nH]1. The van der Waals surface area contributed by atoms with E-state index in [0.29, 0.717) is 30.1 Å². The summed E-state index contributed by atoms with van der Waals surface area (Å²) in [5.41, 5.74) is 2.81. The number of hydrogen-bond donors (Lipinski definition) is 3. The van der Waals surface area contributed by atoms with Crippen molar-refractivity contribution < 1.29 is 4.74 Å². The number of ether oxygens (including phenoxy) is 1. The van der Waals surface area contributed by atoms with Crippen molar-refractivity contribution in [1.29, 1.82) is 0 Å². The lowest BCUT2D eigenvalue weighted by Crippen LogP contribution is -2.04. The fraction of sp³-hybridized carbons (Fsp3) is 0.105. The van der Waals surface area contributed by atoms with Gasteiger partial charge in [0.25, 0.3) is 0 Å². The van der Waals surface area contributed by atoms with Crippen molar-refractivity contribution in [3.8, 4) is 5.75 Å². The number of hydrogen-bond acceptors (Lipinski definition) is 5. The second-order valence-corrected chi connectivity index (χ2v) is 7.75. The average molecular weight is 505 g/mol. The fourth-order valence-electron chi connectivity index (χ4n) is 2.75. The highest BCUT2D eigenvalue weighted by molar-refractivity contribution is 9.11. The van der Waals surface area contributed by atoms with Crippen molar-refractivity contribution in [2.45, 2.75) is 13.2 Å². The maximum atomic E-state index is 11.5. The lowest BCUT2D eigenvalue weighted by atomic mass is 10.2. The van der Waals surface area contributed by atoms with Crippen LogP contribution in [-0.4, -0.2) is 19.9 Å². The number of nitrogens with zero attached hydrogens (tertiary/aromatic N) is 2. The Morgan fingerprint density at radius 3 is 2.50 bits per heavy atom. The number of anilines is 1. The first-order chi connectivity index (χ1) is 13.6. The van der Waals surface area contributed by atoms with E-state index in [-0.39, 0.29) is 5.69 Å². The molecular formula is C19H15Br2N5O2. The van der Waals surface area contributed by atoms with E-state index in [4.69, 9.17) is 4.74 Å². The van der Waals surface area contributed by atoms with Crippen LogP contribution >= 0.6 is 31.9 Å². The van der Waals surface area contributed by atoms with Crippen LogP contribution in [0.3, 0.4) is 0 Å². The van der Waals surface area contributed by atoms with E-state index in [1.54, 1.807) is 0 Å². The smallest absolute Gasteiger partial charge is 0.325 e. The zero-order valence-corrected chi connectivity index (χ0v) is 17.7. The Balaban J connectivity index is 1.49. The Morgan fingerprint density at radius 1 is 1.00 bits per heavy atom. The lowest BCUT2D eigenvalue weighted by Gasteiger charge is -2.13. The van der Waals surface area contributed by atoms with Gasteiger partial charge in [-0.2, -0.15) is 0 Å². The first kappa shape index (κ1) is 18.7. The van der Waals surface area contributed by atoms with Crippen molar-refractivity contribution in [2.75, 3.05) is 5.32 Å². The molecule has 0 amide bonds. The van der Waals surface area contributed by atoms with Crippen LogP contribution < -0.4 is 15.7 Å². The highest BCUT2D eigenvalue weighted by Crippen LogP contribution is 2.35. The quantitative estimate of drug-likeness (QED) is 0.362. The summed E-state index contributed by atoms with van der Waals surface area (Å²) in [4.78, 5) is 25.0. The number of nitrogens with one attached hydrogen (secondary N) is 3. The van der Waals surface area contributed by atoms with Crippen molar-refractivity contribution in [3.63, 3.8) is 0 Å². The summed E-state index contributed by atoms with van der Waals surface area (Å²) in [7, 11) is 0. The Kier molecular flexibility index (Phi) is 5.45.